The van der Waals surface area contributed by atoms with Crippen molar-refractivity contribution in [2.24, 2.45) is 0 Å². The molecule has 0 fully saturated rings. The van der Waals surface area contributed by atoms with E-state index in [9.17, 15) is 4.79 Å². The van der Waals surface area contributed by atoms with E-state index in [0.717, 1.165) is 24.4 Å². The number of carbonyl (C=O) groups is 1. The van der Waals surface area contributed by atoms with Gasteiger partial charge in [-0.25, -0.2) is 0 Å². The molecule has 0 N–H and O–H groups in total. The zero-order valence-corrected chi connectivity index (χ0v) is 9.49. The molecule has 0 aliphatic carbocycles. The molecule has 0 aliphatic heterocycles. The molecule has 0 aliphatic rings. The van der Waals surface area contributed by atoms with Gasteiger partial charge in [-0.1, -0.05) is 19.1 Å². The van der Waals surface area contributed by atoms with Crippen LogP contribution in [0.4, 0.5) is 5.69 Å². The van der Waals surface area contributed by atoms with Crippen molar-refractivity contribution in [3.05, 3.63) is 24.3 Å². The number of rotatable bonds is 4. The van der Waals surface area contributed by atoms with Crippen LogP contribution in [-0.4, -0.2) is 19.6 Å². The monoisotopic (exact) mass is 207 g/mol. The van der Waals surface area contributed by atoms with Crippen molar-refractivity contribution >= 4 is 11.6 Å². The standard InChI is InChI=1S/C12H17NO2/c1-4-9-13(10(2)14)11-7-5-6-8-12(11)15-3/h5-8H,4,9H2,1-3H3. The van der Waals surface area contributed by atoms with E-state index in [-0.39, 0.29) is 5.91 Å². The van der Waals surface area contributed by atoms with Crippen molar-refractivity contribution in [2.75, 3.05) is 18.6 Å². The molecule has 1 aromatic rings. The Kier molecular flexibility index (Phi) is 4.16. The van der Waals surface area contributed by atoms with Gasteiger partial charge in [-0.3, -0.25) is 4.79 Å². The second kappa shape index (κ2) is 5.39. The normalized spacial score (nSPS) is 9.80. The van der Waals surface area contributed by atoms with Gasteiger partial charge in [-0.15, -0.1) is 0 Å². The molecule has 0 radical (unpaired) electrons. The van der Waals surface area contributed by atoms with Gasteiger partial charge in [0.05, 0.1) is 12.8 Å². The molecular formula is C12H17NO2. The van der Waals surface area contributed by atoms with E-state index in [1.165, 1.54) is 0 Å². The van der Waals surface area contributed by atoms with E-state index in [1.54, 1.807) is 18.9 Å². The van der Waals surface area contributed by atoms with Crippen LogP contribution >= 0.6 is 0 Å². The van der Waals surface area contributed by atoms with Crippen LogP contribution in [0.5, 0.6) is 5.75 Å². The Hall–Kier alpha value is -1.51. The van der Waals surface area contributed by atoms with Crippen molar-refractivity contribution < 1.29 is 9.53 Å². The molecular weight excluding hydrogens is 190 g/mol. The zero-order valence-electron chi connectivity index (χ0n) is 9.49. The van der Waals surface area contributed by atoms with Crippen LogP contribution in [-0.2, 0) is 4.79 Å². The predicted octanol–water partition coefficient (Wildman–Crippen LogP) is 2.46. The summed E-state index contributed by atoms with van der Waals surface area (Å²) < 4.78 is 5.23. The zero-order chi connectivity index (χ0) is 11.3. The number of hydrogen-bond donors (Lipinski definition) is 0. The minimum absolute atomic E-state index is 0.0429. The smallest absolute Gasteiger partial charge is 0.223 e. The van der Waals surface area contributed by atoms with E-state index in [0.29, 0.717) is 0 Å². The number of carbonyl (C=O) groups excluding carboxylic acids is 1. The Balaban J connectivity index is 3.04. The molecule has 82 valence electrons. The van der Waals surface area contributed by atoms with Crippen molar-refractivity contribution in [2.45, 2.75) is 20.3 Å². The van der Waals surface area contributed by atoms with Crippen molar-refractivity contribution in [1.82, 2.24) is 0 Å². The van der Waals surface area contributed by atoms with Crippen molar-refractivity contribution in [3.63, 3.8) is 0 Å². The number of amides is 1. The van der Waals surface area contributed by atoms with Gasteiger partial charge in [-0.2, -0.15) is 0 Å². The van der Waals surface area contributed by atoms with Crippen molar-refractivity contribution in [3.8, 4) is 5.75 Å². The van der Waals surface area contributed by atoms with E-state index in [4.69, 9.17) is 4.74 Å². The number of anilines is 1. The van der Waals surface area contributed by atoms with E-state index >= 15 is 0 Å². The first-order valence-corrected chi connectivity index (χ1v) is 5.11. The molecule has 0 saturated carbocycles. The maximum absolute atomic E-state index is 11.5. The van der Waals surface area contributed by atoms with Crippen molar-refractivity contribution in [1.29, 1.82) is 0 Å². The third kappa shape index (κ3) is 2.72. The second-order valence-electron chi connectivity index (χ2n) is 3.34. The van der Waals surface area contributed by atoms with Crippen LogP contribution in [0.25, 0.3) is 0 Å². The molecule has 0 unspecified atom stereocenters. The lowest BCUT2D eigenvalue weighted by molar-refractivity contribution is -0.116. The number of hydrogen-bond acceptors (Lipinski definition) is 2. The highest BCUT2D eigenvalue weighted by molar-refractivity contribution is 5.93. The molecule has 0 saturated heterocycles. The maximum Gasteiger partial charge on any atom is 0.223 e. The minimum Gasteiger partial charge on any atom is -0.495 e. The molecule has 0 atom stereocenters. The van der Waals surface area contributed by atoms with E-state index < -0.39 is 0 Å². The first-order valence-electron chi connectivity index (χ1n) is 5.11. The van der Waals surface area contributed by atoms with Crippen LogP contribution in [0.3, 0.4) is 0 Å². The maximum atomic E-state index is 11.5. The molecule has 0 bridgehead atoms. The van der Waals surface area contributed by atoms with Gasteiger partial charge in [0.2, 0.25) is 5.91 Å². The fourth-order valence-electron chi connectivity index (χ4n) is 1.52. The molecule has 3 heteroatoms. The van der Waals surface area contributed by atoms with Gasteiger partial charge in [0.1, 0.15) is 5.75 Å². The first kappa shape index (κ1) is 11.6. The van der Waals surface area contributed by atoms with Gasteiger partial charge in [0.25, 0.3) is 0 Å². The Morgan fingerprint density at radius 3 is 2.60 bits per heavy atom. The first-order chi connectivity index (χ1) is 7.20. The topological polar surface area (TPSA) is 29.5 Å². The lowest BCUT2D eigenvalue weighted by Crippen LogP contribution is -2.29. The van der Waals surface area contributed by atoms with Gasteiger partial charge in [0.15, 0.2) is 0 Å². The average molecular weight is 207 g/mol. The van der Waals surface area contributed by atoms with Crippen LogP contribution in [0.15, 0.2) is 24.3 Å². The van der Waals surface area contributed by atoms with Gasteiger partial charge in [-0.05, 0) is 18.6 Å². The highest BCUT2D eigenvalue weighted by Gasteiger charge is 2.13. The summed E-state index contributed by atoms with van der Waals surface area (Å²) in [5.74, 6) is 0.780. The number of methoxy groups -OCH3 is 1. The average Bonchev–Trinajstić information content (AvgIpc) is 2.25. The molecule has 0 aromatic heterocycles. The Morgan fingerprint density at radius 1 is 1.40 bits per heavy atom. The Morgan fingerprint density at radius 2 is 2.07 bits per heavy atom. The Bertz CT molecular complexity index is 336. The predicted molar refractivity (Wildman–Crippen MR) is 61.3 cm³/mol. The Labute approximate surface area is 90.7 Å². The highest BCUT2D eigenvalue weighted by Crippen LogP contribution is 2.27. The van der Waals surface area contributed by atoms with Crippen LogP contribution in [0, 0.1) is 0 Å². The molecule has 1 amide bonds. The lowest BCUT2D eigenvalue weighted by Gasteiger charge is -2.22. The van der Waals surface area contributed by atoms with Gasteiger partial charge >= 0.3 is 0 Å². The third-order valence-corrected chi connectivity index (χ3v) is 2.20. The van der Waals surface area contributed by atoms with Crippen LogP contribution in [0.2, 0.25) is 0 Å². The number of ether oxygens (including phenoxy) is 1. The molecule has 0 spiro atoms. The molecule has 3 nitrogen and oxygen atoms in total. The number of nitrogens with zero attached hydrogens (tertiary/aromatic N) is 1. The molecule has 0 heterocycles. The highest BCUT2D eigenvalue weighted by atomic mass is 16.5. The summed E-state index contributed by atoms with van der Waals surface area (Å²) >= 11 is 0. The summed E-state index contributed by atoms with van der Waals surface area (Å²) in [6, 6.07) is 7.56. The number of para-hydroxylation sites is 2. The summed E-state index contributed by atoms with van der Waals surface area (Å²) in [5, 5.41) is 0. The summed E-state index contributed by atoms with van der Waals surface area (Å²) in [4.78, 5) is 13.2. The molecule has 1 rings (SSSR count). The van der Waals surface area contributed by atoms with E-state index in [1.807, 2.05) is 31.2 Å². The minimum atomic E-state index is 0.0429. The SMILES string of the molecule is CCCN(C(C)=O)c1ccccc1OC. The van der Waals surface area contributed by atoms with E-state index in [2.05, 4.69) is 0 Å². The third-order valence-electron chi connectivity index (χ3n) is 2.20. The second-order valence-corrected chi connectivity index (χ2v) is 3.34. The van der Waals surface area contributed by atoms with Crippen LogP contribution < -0.4 is 9.64 Å². The van der Waals surface area contributed by atoms with Gasteiger partial charge in [0, 0.05) is 13.5 Å². The fraction of sp³-hybridized carbons (Fsp3) is 0.417. The molecule has 15 heavy (non-hydrogen) atoms. The summed E-state index contributed by atoms with van der Waals surface area (Å²) in [7, 11) is 1.61. The summed E-state index contributed by atoms with van der Waals surface area (Å²) in [6.07, 6.45) is 0.928. The number of benzene rings is 1. The molecule has 1 aromatic carbocycles. The quantitative estimate of drug-likeness (QED) is 0.759. The fourth-order valence-corrected chi connectivity index (χ4v) is 1.52. The largest absolute Gasteiger partial charge is 0.495 e. The van der Waals surface area contributed by atoms with Crippen LogP contribution in [0.1, 0.15) is 20.3 Å². The summed E-state index contributed by atoms with van der Waals surface area (Å²) in [5.41, 5.74) is 0.842. The lowest BCUT2D eigenvalue weighted by atomic mass is 10.2. The van der Waals surface area contributed by atoms with Gasteiger partial charge < -0.3 is 9.64 Å². The summed E-state index contributed by atoms with van der Waals surface area (Å²) in [6.45, 7) is 4.34.